The van der Waals surface area contributed by atoms with Crippen molar-refractivity contribution in [1.29, 1.82) is 0 Å². The minimum absolute atomic E-state index is 0. The summed E-state index contributed by atoms with van der Waals surface area (Å²) in [5, 5.41) is 0. The molecule has 0 amide bonds. The predicted molar refractivity (Wildman–Crippen MR) is 5.81 cm³/mol. The van der Waals surface area contributed by atoms with E-state index in [0.717, 1.165) is 0 Å². The first kappa shape index (κ1) is 248. The molecule has 0 aromatic carbocycles. The van der Waals surface area contributed by atoms with Gasteiger partial charge in [-0.3, -0.25) is 0 Å². The van der Waals surface area contributed by atoms with Crippen molar-refractivity contribution in [3.05, 3.63) is 0 Å². The van der Waals surface area contributed by atoms with E-state index < -0.39 is 0 Å². The maximum absolute atomic E-state index is 0. The van der Waals surface area contributed by atoms with Crippen LogP contribution >= 0.6 is 0 Å². The Balaban J connectivity index is 0. The Morgan fingerprint density at radius 1 is 0.500 bits per heavy atom. The Bertz CT molecular complexity index is 3.25. The predicted octanol–water partition coefficient (Wildman–Crippen LogP) is -0.533. The van der Waals surface area contributed by atoms with Gasteiger partial charge in [-0.25, -0.2) is 0 Å². The Labute approximate surface area is 35.8 Å². The van der Waals surface area contributed by atoms with Crippen LogP contribution < -0.4 is 0 Å². The molecule has 0 aliphatic carbocycles. The summed E-state index contributed by atoms with van der Waals surface area (Å²) in [6.07, 6.45) is 0. The van der Waals surface area contributed by atoms with Gasteiger partial charge in [-0.2, -0.15) is 0 Å². The molecule has 0 aromatic rings. The maximum atomic E-state index is 0. The molecule has 0 heterocycles. The van der Waals surface area contributed by atoms with Gasteiger partial charge in [0.05, 0.1) is 0 Å². The third-order valence-electron chi connectivity index (χ3n) is 0. The van der Waals surface area contributed by atoms with Crippen LogP contribution in [0.3, 0.4) is 0 Å². The molecule has 0 unspecified atom stereocenters. The summed E-state index contributed by atoms with van der Waals surface area (Å²) in [6.45, 7) is 0. The summed E-state index contributed by atoms with van der Waals surface area (Å²) >= 11 is 0. The maximum Gasteiger partial charge on any atom is 2.00 e. The van der Waals surface area contributed by atoms with E-state index in [1.165, 1.54) is 0 Å². The van der Waals surface area contributed by atoms with Crippen molar-refractivity contribution in [3.8, 4) is 0 Å². The molecule has 0 saturated carbocycles. The average molecular weight is 102 g/mol. The fraction of sp³-hybridized carbons (Fsp3) is 0. The monoisotopic (exact) mass is 102 g/mol. The molecule has 4 heavy (non-hydrogen) atoms. The number of hydrogen-bond donors (Lipinski definition) is 0. The first-order valence-electron chi connectivity index (χ1n) is 0. The molecular formula is H3O3V-. The Kier molecular flexibility index (Phi) is 6060. The van der Waals surface area contributed by atoms with Crippen LogP contribution in [0.15, 0.2) is 0 Å². The van der Waals surface area contributed by atoms with Gasteiger partial charge in [0.25, 0.3) is 0 Å². The van der Waals surface area contributed by atoms with Gasteiger partial charge in [0, 0.05) is 0 Å². The van der Waals surface area contributed by atoms with E-state index >= 15 is 0 Å². The fourth-order valence-corrected chi connectivity index (χ4v) is 0. The van der Waals surface area contributed by atoms with Crippen molar-refractivity contribution in [1.82, 2.24) is 0 Å². The number of rotatable bonds is 0. The summed E-state index contributed by atoms with van der Waals surface area (Å²) in [7, 11) is 0. The van der Waals surface area contributed by atoms with Crippen molar-refractivity contribution < 1.29 is 35.0 Å². The molecular weight excluding hydrogens is 98.9 g/mol. The quantitative estimate of drug-likeness (QED) is 0.411. The summed E-state index contributed by atoms with van der Waals surface area (Å²) < 4.78 is 0. The van der Waals surface area contributed by atoms with Crippen LogP contribution in [0.25, 0.3) is 0 Å². The molecule has 1 radical (unpaired) electrons. The molecule has 0 fully saturated rings. The van der Waals surface area contributed by atoms with Crippen LogP contribution in [0.2, 0.25) is 0 Å². The van der Waals surface area contributed by atoms with Crippen molar-refractivity contribution >= 4 is 0 Å². The first-order valence-corrected chi connectivity index (χ1v) is 0. The zero-order chi connectivity index (χ0) is 0. The van der Waals surface area contributed by atoms with E-state index in [-0.39, 0.29) is 35.0 Å². The van der Waals surface area contributed by atoms with Crippen LogP contribution in [-0.4, -0.2) is 16.4 Å². The van der Waals surface area contributed by atoms with Gasteiger partial charge in [0.1, 0.15) is 0 Å². The zero-order valence-corrected chi connectivity index (χ0v) is 3.19. The van der Waals surface area contributed by atoms with Gasteiger partial charge in [0.15, 0.2) is 0 Å². The van der Waals surface area contributed by atoms with Crippen molar-refractivity contribution in [2.45, 2.75) is 0 Å². The van der Waals surface area contributed by atoms with Gasteiger partial charge >= 0.3 is 18.6 Å². The molecule has 0 spiro atoms. The van der Waals surface area contributed by atoms with Crippen molar-refractivity contribution in [2.24, 2.45) is 0 Å². The second-order valence-corrected chi connectivity index (χ2v) is 0. The van der Waals surface area contributed by atoms with Gasteiger partial charge in [-0.15, -0.1) is 0 Å². The van der Waals surface area contributed by atoms with Crippen LogP contribution in [0.1, 0.15) is 0 Å². The molecule has 3 N–H and O–H groups in total. The molecule has 3 nitrogen and oxygen atoms in total. The minimum atomic E-state index is 0. The van der Waals surface area contributed by atoms with E-state index in [4.69, 9.17) is 0 Å². The standard InChI is InChI=1S/3H2O.V/h3*1H2;/q;;;+2/p-3. The Morgan fingerprint density at radius 2 is 0.500 bits per heavy atom. The third kappa shape index (κ3) is 24.5. The van der Waals surface area contributed by atoms with E-state index in [1.807, 2.05) is 0 Å². The molecule has 0 aromatic heterocycles. The SMILES string of the molecule is [OH-].[OH-].[OH-].[V+2]. The molecule has 4 heteroatoms. The third-order valence-corrected chi connectivity index (χ3v) is 0. The Hall–Kier alpha value is 0.464. The summed E-state index contributed by atoms with van der Waals surface area (Å²) in [6, 6.07) is 0. The molecule has 0 aliphatic rings. The molecule has 0 saturated heterocycles. The van der Waals surface area contributed by atoms with Gasteiger partial charge in [-0.05, 0) is 0 Å². The smallest absolute Gasteiger partial charge is 0.870 e. The van der Waals surface area contributed by atoms with Gasteiger partial charge < -0.3 is 16.4 Å². The second kappa shape index (κ2) is 97.6. The molecule has 0 rings (SSSR count). The molecule has 27 valence electrons. The van der Waals surface area contributed by atoms with E-state index in [1.54, 1.807) is 0 Å². The van der Waals surface area contributed by atoms with Crippen LogP contribution in [0, 0.1) is 0 Å². The first-order chi connectivity index (χ1) is 0. The van der Waals surface area contributed by atoms with Crippen LogP contribution in [0.4, 0.5) is 0 Å². The van der Waals surface area contributed by atoms with Gasteiger partial charge in [0.2, 0.25) is 0 Å². The fourth-order valence-electron chi connectivity index (χ4n) is 0. The van der Waals surface area contributed by atoms with Crippen molar-refractivity contribution in [2.75, 3.05) is 0 Å². The zero-order valence-electron chi connectivity index (χ0n) is 1.79. The van der Waals surface area contributed by atoms with Crippen LogP contribution in [-0.2, 0) is 18.6 Å². The molecule has 0 atom stereocenters. The van der Waals surface area contributed by atoms with E-state index in [0.29, 0.717) is 0 Å². The Morgan fingerprint density at radius 3 is 0.500 bits per heavy atom. The van der Waals surface area contributed by atoms with Gasteiger partial charge in [-0.1, -0.05) is 0 Å². The minimum Gasteiger partial charge on any atom is -0.870 e. The largest absolute Gasteiger partial charge is 2.00 e. The topological polar surface area (TPSA) is 90.0 Å². The summed E-state index contributed by atoms with van der Waals surface area (Å²) in [5.74, 6) is 0. The van der Waals surface area contributed by atoms with E-state index in [9.17, 15) is 0 Å². The summed E-state index contributed by atoms with van der Waals surface area (Å²) in [5.41, 5.74) is 0. The van der Waals surface area contributed by atoms with Crippen molar-refractivity contribution in [3.63, 3.8) is 0 Å². The van der Waals surface area contributed by atoms with E-state index in [2.05, 4.69) is 0 Å². The normalized spacial score (nSPS) is 0. The second-order valence-electron chi connectivity index (χ2n) is 0. The molecule has 0 bridgehead atoms. The number of hydrogen-bond acceptors (Lipinski definition) is 3. The molecule has 0 aliphatic heterocycles. The summed E-state index contributed by atoms with van der Waals surface area (Å²) in [4.78, 5) is 0. The van der Waals surface area contributed by atoms with Crippen LogP contribution in [0.5, 0.6) is 0 Å². The average Bonchev–Trinajstić information content (AvgIpc) is 0.